The third-order valence-electron chi connectivity index (χ3n) is 3.43. The second-order valence-electron chi connectivity index (χ2n) is 6.57. The average molecular weight is 344 g/mol. The average Bonchev–Trinajstić information content (AvgIpc) is 2.51. The van der Waals surface area contributed by atoms with E-state index in [1.54, 1.807) is 12.1 Å². The van der Waals surface area contributed by atoms with Crippen LogP contribution in [0.1, 0.15) is 36.7 Å². The summed E-state index contributed by atoms with van der Waals surface area (Å²) in [4.78, 5) is 36.9. The Morgan fingerprint density at radius 3 is 2.36 bits per heavy atom. The molecule has 0 spiro atoms. The number of esters is 1. The van der Waals surface area contributed by atoms with Gasteiger partial charge in [-0.2, -0.15) is 0 Å². The summed E-state index contributed by atoms with van der Waals surface area (Å²) in [6.07, 6.45) is 0. The highest BCUT2D eigenvalue weighted by Gasteiger charge is 2.14. The Morgan fingerprint density at radius 2 is 1.80 bits per heavy atom. The van der Waals surface area contributed by atoms with Gasteiger partial charge in [0.15, 0.2) is 12.5 Å². The third-order valence-corrected chi connectivity index (χ3v) is 3.43. The Bertz CT molecular complexity index is 832. The van der Waals surface area contributed by atoms with Crippen LogP contribution in [0.5, 0.6) is 5.88 Å². The van der Waals surface area contributed by atoms with Crippen molar-refractivity contribution in [3.63, 3.8) is 0 Å². The predicted octanol–water partition coefficient (Wildman–Crippen LogP) is 2.17. The SMILES string of the molecule is CC(C)(C)c1ccc(NC(=O)COC(=O)c2cc(O)[nH]c(=O)c2)cc1. The minimum absolute atomic E-state index is 0.0111. The highest BCUT2D eigenvalue weighted by atomic mass is 16.5. The first kappa shape index (κ1) is 18.3. The minimum Gasteiger partial charge on any atom is -0.494 e. The van der Waals surface area contributed by atoms with Crippen molar-refractivity contribution in [2.24, 2.45) is 0 Å². The maximum atomic E-state index is 11.9. The molecule has 1 amide bonds. The fraction of sp³-hybridized carbons (Fsp3) is 0.278. The van der Waals surface area contributed by atoms with Gasteiger partial charge in [0.1, 0.15) is 0 Å². The van der Waals surface area contributed by atoms with Crippen LogP contribution in [-0.2, 0) is 14.9 Å². The quantitative estimate of drug-likeness (QED) is 0.737. The van der Waals surface area contributed by atoms with Gasteiger partial charge in [0.05, 0.1) is 5.56 Å². The van der Waals surface area contributed by atoms with Crippen molar-refractivity contribution in [1.82, 2.24) is 4.98 Å². The van der Waals surface area contributed by atoms with Gasteiger partial charge < -0.3 is 15.2 Å². The Balaban J connectivity index is 1.92. The molecule has 0 fully saturated rings. The molecular formula is C18H20N2O5. The number of ether oxygens (including phenoxy) is 1. The topological polar surface area (TPSA) is 108 Å². The van der Waals surface area contributed by atoms with Crippen molar-refractivity contribution in [2.45, 2.75) is 26.2 Å². The van der Waals surface area contributed by atoms with E-state index < -0.39 is 29.9 Å². The van der Waals surface area contributed by atoms with E-state index in [0.717, 1.165) is 17.7 Å². The van der Waals surface area contributed by atoms with E-state index in [1.165, 1.54) is 0 Å². The summed E-state index contributed by atoms with van der Waals surface area (Å²) in [6.45, 7) is 5.76. The molecule has 0 unspecified atom stereocenters. The zero-order valence-electron chi connectivity index (χ0n) is 14.3. The zero-order valence-corrected chi connectivity index (χ0v) is 14.3. The first-order valence-electron chi connectivity index (χ1n) is 7.66. The van der Waals surface area contributed by atoms with Crippen molar-refractivity contribution in [1.29, 1.82) is 0 Å². The maximum absolute atomic E-state index is 11.9. The summed E-state index contributed by atoms with van der Waals surface area (Å²) in [6, 6.07) is 9.41. The molecule has 0 aliphatic heterocycles. The molecule has 7 nitrogen and oxygen atoms in total. The summed E-state index contributed by atoms with van der Waals surface area (Å²) in [5.41, 5.74) is 0.949. The van der Waals surface area contributed by atoms with Gasteiger partial charge in [0, 0.05) is 17.8 Å². The van der Waals surface area contributed by atoms with E-state index in [9.17, 15) is 19.5 Å². The number of aromatic nitrogens is 1. The molecule has 0 saturated heterocycles. The number of anilines is 1. The molecule has 2 rings (SSSR count). The number of benzene rings is 1. The number of amides is 1. The zero-order chi connectivity index (χ0) is 18.6. The van der Waals surface area contributed by atoms with Gasteiger partial charge in [-0.1, -0.05) is 32.9 Å². The second kappa shape index (κ2) is 7.21. The normalized spacial score (nSPS) is 11.0. The monoisotopic (exact) mass is 344 g/mol. The molecular weight excluding hydrogens is 324 g/mol. The van der Waals surface area contributed by atoms with Crippen LogP contribution < -0.4 is 10.9 Å². The van der Waals surface area contributed by atoms with Crippen LogP contribution in [0, 0.1) is 0 Å². The highest BCUT2D eigenvalue weighted by Crippen LogP contribution is 2.23. The number of H-pyrrole nitrogens is 1. The number of aromatic amines is 1. The van der Waals surface area contributed by atoms with Gasteiger partial charge >= 0.3 is 5.97 Å². The molecule has 1 aromatic carbocycles. The summed E-state index contributed by atoms with van der Waals surface area (Å²) in [7, 11) is 0. The second-order valence-corrected chi connectivity index (χ2v) is 6.57. The van der Waals surface area contributed by atoms with E-state index in [0.29, 0.717) is 5.69 Å². The standard InChI is InChI=1S/C18H20N2O5/c1-18(2,3)12-4-6-13(7-5-12)19-16(23)10-25-17(24)11-8-14(21)20-15(22)9-11/h4-9H,10H2,1-3H3,(H,19,23)(H2,20,21,22). The lowest BCUT2D eigenvalue weighted by Crippen LogP contribution is -2.21. The van der Waals surface area contributed by atoms with E-state index in [1.807, 2.05) is 12.1 Å². The lowest BCUT2D eigenvalue weighted by atomic mass is 9.87. The summed E-state index contributed by atoms with van der Waals surface area (Å²) in [5.74, 6) is -1.84. The van der Waals surface area contributed by atoms with Crippen LogP contribution in [-0.4, -0.2) is 28.6 Å². The summed E-state index contributed by atoms with van der Waals surface area (Å²) < 4.78 is 4.84. The maximum Gasteiger partial charge on any atom is 0.339 e. The Kier molecular flexibility index (Phi) is 5.26. The molecule has 0 saturated carbocycles. The molecule has 0 atom stereocenters. The number of pyridine rings is 1. The molecule has 3 N–H and O–H groups in total. The Morgan fingerprint density at radius 1 is 1.16 bits per heavy atom. The van der Waals surface area contributed by atoms with Gasteiger partial charge in [-0.25, -0.2) is 4.79 Å². The van der Waals surface area contributed by atoms with E-state index >= 15 is 0 Å². The van der Waals surface area contributed by atoms with Crippen molar-refractivity contribution in [3.8, 4) is 5.88 Å². The van der Waals surface area contributed by atoms with Crippen LogP contribution in [0.3, 0.4) is 0 Å². The molecule has 0 aliphatic carbocycles. The van der Waals surface area contributed by atoms with E-state index in [-0.39, 0.29) is 11.0 Å². The molecule has 25 heavy (non-hydrogen) atoms. The molecule has 1 aromatic heterocycles. The fourth-order valence-corrected chi connectivity index (χ4v) is 2.11. The van der Waals surface area contributed by atoms with Crippen molar-refractivity contribution in [2.75, 3.05) is 11.9 Å². The minimum atomic E-state index is -0.875. The van der Waals surface area contributed by atoms with Crippen molar-refractivity contribution < 1.29 is 19.4 Å². The van der Waals surface area contributed by atoms with E-state index in [4.69, 9.17) is 4.74 Å². The lowest BCUT2D eigenvalue weighted by Gasteiger charge is -2.19. The Labute approximate surface area is 144 Å². The van der Waals surface area contributed by atoms with Gasteiger partial charge in [-0.05, 0) is 23.1 Å². The molecule has 7 heteroatoms. The highest BCUT2D eigenvalue weighted by molar-refractivity contribution is 5.95. The van der Waals surface area contributed by atoms with Gasteiger partial charge in [-0.3, -0.25) is 14.6 Å². The molecule has 2 aromatic rings. The molecule has 0 bridgehead atoms. The first-order valence-corrected chi connectivity index (χ1v) is 7.66. The summed E-state index contributed by atoms with van der Waals surface area (Å²) >= 11 is 0. The van der Waals surface area contributed by atoms with E-state index in [2.05, 4.69) is 31.1 Å². The first-order chi connectivity index (χ1) is 11.6. The van der Waals surface area contributed by atoms with Crippen LogP contribution in [0.2, 0.25) is 0 Å². The van der Waals surface area contributed by atoms with Crippen LogP contribution in [0.25, 0.3) is 0 Å². The fourth-order valence-electron chi connectivity index (χ4n) is 2.11. The molecule has 132 valence electrons. The van der Waals surface area contributed by atoms with Gasteiger partial charge in [0.25, 0.3) is 11.5 Å². The number of rotatable bonds is 4. The molecule has 1 heterocycles. The van der Waals surface area contributed by atoms with Crippen LogP contribution >= 0.6 is 0 Å². The third kappa shape index (κ3) is 5.20. The molecule has 0 radical (unpaired) electrons. The number of hydrogen-bond donors (Lipinski definition) is 3. The van der Waals surface area contributed by atoms with Crippen molar-refractivity contribution >= 4 is 17.6 Å². The number of carbonyl (C=O) groups excluding carboxylic acids is 2. The number of carbonyl (C=O) groups is 2. The Hall–Kier alpha value is -3.09. The summed E-state index contributed by atoms with van der Waals surface area (Å²) in [5, 5.41) is 11.9. The van der Waals surface area contributed by atoms with Gasteiger partial charge in [0.2, 0.25) is 0 Å². The largest absolute Gasteiger partial charge is 0.494 e. The number of aromatic hydroxyl groups is 1. The van der Waals surface area contributed by atoms with Crippen LogP contribution in [0.4, 0.5) is 5.69 Å². The van der Waals surface area contributed by atoms with Crippen molar-refractivity contribution in [3.05, 3.63) is 57.9 Å². The predicted molar refractivity (Wildman–Crippen MR) is 92.8 cm³/mol. The smallest absolute Gasteiger partial charge is 0.339 e. The number of nitrogens with one attached hydrogen (secondary N) is 2. The van der Waals surface area contributed by atoms with Crippen LogP contribution in [0.15, 0.2) is 41.2 Å². The molecule has 0 aliphatic rings. The lowest BCUT2D eigenvalue weighted by molar-refractivity contribution is -0.119. The van der Waals surface area contributed by atoms with Gasteiger partial charge in [-0.15, -0.1) is 0 Å². The number of hydrogen-bond acceptors (Lipinski definition) is 5.